The minimum Gasteiger partial charge on any atom is -0.442 e. The smallest absolute Gasteiger partial charge is 0.341 e. The van der Waals surface area contributed by atoms with Crippen molar-refractivity contribution < 1.29 is 9.53 Å². The molecule has 72 heavy (non-hydrogen) atoms. The summed E-state index contributed by atoms with van der Waals surface area (Å²) in [5.74, 6) is -0.677. The van der Waals surface area contributed by atoms with Crippen LogP contribution >= 0.6 is 46.4 Å². The van der Waals surface area contributed by atoms with Crippen molar-refractivity contribution in [2.24, 2.45) is 0 Å². The molecule has 0 amide bonds. The molecule has 0 spiro atoms. The standard InChI is InChI=1S/C64H48Cl4N2O2/c65-59-57-58(60(66)62(68)61(59)67)64(72-63(57)71,39-55(49-27-15-5-16-28-49)51-31-35-53(36-32-51)69(41-45-19-7-1-8-20-45)42-46-21-9-2-10-22-46)40-56(50-29-17-6-18-30-50)52-33-37-54(38-34-52)70(43-47-23-11-3-12-24-47)44-48-25-13-4-14-26-48/h1-40H,41-44H2. The van der Waals surface area contributed by atoms with Gasteiger partial charge in [-0.05, 0) is 92.1 Å². The predicted molar refractivity (Wildman–Crippen MR) is 299 cm³/mol. The van der Waals surface area contributed by atoms with Gasteiger partial charge in [0.05, 0.1) is 25.7 Å². The summed E-state index contributed by atoms with van der Waals surface area (Å²) >= 11 is 27.9. The highest BCUT2D eigenvalue weighted by Gasteiger charge is 2.48. The predicted octanol–water partition coefficient (Wildman–Crippen LogP) is 17.3. The third-order valence-corrected chi connectivity index (χ3v) is 14.8. The van der Waals surface area contributed by atoms with Gasteiger partial charge in [0, 0.05) is 43.1 Å². The van der Waals surface area contributed by atoms with Gasteiger partial charge in [-0.1, -0.05) is 253 Å². The number of fused-ring (bicyclic) bond motifs is 1. The average molecular weight is 1020 g/mol. The first-order chi connectivity index (χ1) is 35.2. The van der Waals surface area contributed by atoms with Crippen molar-refractivity contribution in [2.75, 3.05) is 9.80 Å². The van der Waals surface area contributed by atoms with E-state index >= 15 is 0 Å². The zero-order chi connectivity index (χ0) is 49.4. The van der Waals surface area contributed by atoms with E-state index < -0.39 is 11.6 Å². The molecule has 9 aromatic rings. The van der Waals surface area contributed by atoms with Crippen molar-refractivity contribution >= 4 is 74.9 Å². The Hall–Kier alpha value is -7.31. The number of esters is 1. The van der Waals surface area contributed by atoms with E-state index in [2.05, 4.69) is 155 Å². The number of nitrogens with zero attached hydrogens (tertiary/aromatic N) is 2. The van der Waals surface area contributed by atoms with Crippen LogP contribution < -0.4 is 9.80 Å². The second-order valence-corrected chi connectivity index (χ2v) is 19.3. The monoisotopic (exact) mass is 1020 g/mol. The van der Waals surface area contributed by atoms with Crippen LogP contribution in [-0.2, 0) is 36.5 Å². The molecular weight excluding hydrogens is 971 g/mol. The molecule has 0 unspecified atom stereocenters. The average Bonchev–Trinajstić information content (AvgIpc) is 3.72. The van der Waals surface area contributed by atoms with E-state index in [0.717, 1.165) is 44.8 Å². The molecule has 0 aromatic heterocycles. The number of ether oxygens (including phenoxy) is 1. The second-order valence-electron chi connectivity index (χ2n) is 17.8. The van der Waals surface area contributed by atoms with E-state index in [9.17, 15) is 4.79 Å². The van der Waals surface area contributed by atoms with Crippen LogP contribution in [0.25, 0.3) is 11.1 Å². The van der Waals surface area contributed by atoms with Gasteiger partial charge >= 0.3 is 5.97 Å². The lowest BCUT2D eigenvalue weighted by atomic mass is 9.83. The van der Waals surface area contributed by atoms with E-state index in [4.69, 9.17) is 51.1 Å². The molecule has 8 heteroatoms. The van der Waals surface area contributed by atoms with Crippen LogP contribution in [0.2, 0.25) is 20.1 Å². The number of carbonyl (C=O) groups excluding carboxylic acids is 1. The van der Waals surface area contributed by atoms with Crippen LogP contribution in [0.15, 0.2) is 243 Å². The van der Waals surface area contributed by atoms with Crippen LogP contribution in [0.4, 0.5) is 11.4 Å². The van der Waals surface area contributed by atoms with Gasteiger partial charge in [0.25, 0.3) is 0 Å². The molecule has 0 saturated heterocycles. The Morgan fingerprint density at radius 2 is 0.667 bits per heavy atom. The molecule has 0 aliphatic carbocycles. The fourth-order valence-electron chi connectivity index (χ4n) is 9.42. The quantitative estimate of drug-likeness (QED) is 0.0549. The van der Waals surface area contributed by atoms with Gasteiger partial charge in [0.2, 0.25) is 0 Å². The highest BCUT2D eigenvalue weighted by Crippen LogP contribution is 2.53. The van der Waals surface area contributed by atoms with Crippen LogP contribution in [0.1, 0.15) is 60.4 Å². The molecule has 10 rings (SSSR count). The van der Waals surface area contributed by atoms with E-state index in [0.29, 0.717) is 31.7 Å². The Balaban J connectivity index is 1.14. The van der Waals surface area contributed by atoms with E-state index in [1.807, 2.05) is 97.1 Å². The summed E-state index contributed by atoms with van der Waals surface area (Å²) in [5.41, 5.74) is 10.7. The summed E-state index contributed by atoms with van der Waals surface area (Å²) < 4.78 is 6.73. The molecule has 9 aromatic carbocycles. The van der Waals surface area contributed by atoms with Crippen LogP contribution in [0, 0.1) is 0 Å². The molecule has 0 atom stereocenters. The number of rotatable bonds is 16. The summed E-state index contributed by atoms with van der Waals surface area (Å²) in [4.78, 5) is 19.3. The highest BCUT2D eigenvalue weighted by molar-refractivity contribution is 6.53. The maximum atomic E-state index is 14.5. The second kappa shape index (κ2) is 22.0. The van der Waals surface area contributed by atoms with E-state index in [1.54, 1.807) is 0 Å². The molecule has 4 nitrogen and oxygen atoms in total. The Kier molecular flexibility index (Phi) is 14.8. The Bertz CT molecular complexity index is 3090. The lowest BCUT2D eigenvalue weighted by molar-refractivity contribution is 0.0300. The van der Waals surface area contributed by atoms with Gasteiger partial charge in [-0.3, -0.25) is 0 Å². The van der Waals surface area contributed by atoms with Crippen molar-refractivity contribution in [2.45, 2.75) is 31.8 Å². The topological polar surface area (TPSA) is 32.8 Å². The lowest BCUT2D eigenvalue weighted by Crippen LogP contribution is -2.23. The molecule has 0 N–H and O–H groups in total. The van der Waals surface area contributed by atoms with Gasteiger partial charge in [0.1, 0.15) is 0 Å². The highest BCUT2D eigenvalue weighted by atomic mass is 35.5. The first kappa shape index (κ1) is 48.3. The number of cyclic esters (lactones) is 1. The number of benzene rings is 9. The maximum absolute atomic E-state index is 14.5. The zero-order valence-corrected chi connectivity index (χ0v) is 42.2. The van der Waals surface area contributed by atoms with Gasteiger partial charge in [-0.25, -0.2) is 4.79 Å². The van der Waals surface area contributed by atoms with Crippen molar-refractivity contribution in [1.82, 2.24) is 0 Å². The lowest BCUT2D eigenvalue weighted by Gasteiger charge is -2.28. The van der Waals surface area contributed by atoms with Crippen molar-refractivity contribution in [3.63, 3.8) is 0 Å². The summed E-state index contributed by atoms with van der Waals surface area (Å²) in [5, 5.41) is 0.0444. The van der Waals surface area contributed by atoms with Gasteiger partial charge in [-0.15, -0.1) is 0 Å². The number of carbonyl (C=O) groups is 1. The molecule has 0 saturated carbocycles. The normalized spacial score (nSPS) is 14.4. The van der Waals surface area contributed by atoms with Crippen LogP contribution in [0.3, 0.4) is 0 Å². The van der Waals surface area contributed by atoms with Crippen molar-refractivity contribution in [1.29, 1.82) is 0 Å². The number of halogens is 4. The third-order valence-electron chi connectivity index (χ3n) is 13.0. The van der Waals surface area contributed by atoms with Gasteiger partial charge in [-0.2, -0.15) is 0 Å². The van der Waals surface area contributed by atoms with Gasteiger partial charge in [0.15, 0.2) is 5.60 Å². The number of hydrogen-bond donors (Lipinski definition) is 0. The Morgan fingerprint density at radius 3 is 1.00 bits per heavy atom. The largest absolute Gasteiger partial charge is 0.442 e. The minimum atomic E-state index is -1.66. The first-order valence-electron chi connectivity index (χ1n) is 23.8. The van der Waals surface area contributed by atoms with Crippen molar-refractivity contribution in [3.8, 4) is 0 Å². The van der Waals surface area contributed by atoms with E-state index in [1.165, 1.54) is 22.3 Å². The fourth-order valence-corrected chi connectivity index (χ4v) is 10.5. The maximum Gasteiger partial charge on any atom is 0.341 e. The number of anilines is 2. The SMILES string of the molecule is O=C1OC(C=C(c2ccccc2)c2ccc(N(Cc3ccccc3)Cc3ccccc3)cc2)(C=C(c2ccccc2)c2ccc(N(Cc3ccccc3)Cc3ccccc3)cc2)c2c(Cl)c(Cl)c(Cl)c(Cl)c21. The Morgan fingerprint density at radius 1 is 0.375 bits per heavy atom. The number of hydrogen-bond acceptors (Lipinski definition) is 4. The fraction of sp³-hybridized carbons (Fsp3) is 0.0781. The molecule has 1 heterocycles. The molecule has 1 aliphatic rings. The van der Waals surface area contributed by atoms with Crippen LogP contribution in [-0.4, -0.2) is 5.97 Å². The van der Waals surface area contributed by atoms with Crippen molar-refractivity contribution in [3.05, 3.63) is 318 Å². The van der Waals surface area contributed by atoms with Gasteiger partial charge < -0.3 is 14.5 Å². The van der Waals surface area contributed by atoms with E-state index in [-0.39, 0.29) is 25.7 Å². The molecule has 354 valence electrons. The molecule has 0 fully saturated rings. The summed E-state index contributed by atoms with van der Waals surface area (Å²) in [6.45, 7) is 2.84. The minimum absolute atomic E-state index is 0.0216. The summed E-state index contributed by atoms with van der Waals surface area (Å²) in [7, 11) is 0. The first-order valence-corrected chi connectivity index (χ1v) is 25.3. The Labute approximate surface area is 441 Å². The zero-order valence-electron chi connectivity index (χ0n) is 39.1. The molecule has 0 radical (unpaired) electrons. The summed E-state index contributed by atoms with van der Waals surface area (Å²) in [6, 6.07) is 79.1. The van der Waals surface area contributed by atoms with Crippen LogP contribution in [0.5, 0.6) is 0 Å². The summed E-state index contributed by atoms with van der Waals surface area (Å²) in [6.07, 6.45) is 3.94. The third kappa shape index (κ3) is 10.6. The molecule has 1 aliphatic heterocycles. The molecular formula is C64H48Cl4N2O2. The molecule has 0 bridgehead atoms.